The van der Waals surface area contributed by atoms with Crippen LogP contribution in [-0.4, -0.2) is 17.4 Å². The number of unbranched alkanes of at least 4 members (excludes halogenated alkanes) is 5. The first-order valence-electron chi connectivity index (χ1n) is 5.32. The van der Waals surface area contributed by atoms with Gasteiger partial charge < -0.3 is 5.11 Å². The van der Waals surface area contributed by atoms with Gasteiger partial charge >= 0.3 is 0 Å². The Labute approximate surface area is 80.3 Å². The summed E-state index contributed by atoms with van der Waals surface area (Å²) >= 11 is 0. The number of aliphatic hydroxyl groups excluding tert-OH is 1. The van der Waals surface area contributed by atoms with E-state index in [1.165, 1.54) is 32.1 Å². The summed E-state index contributed by atoms with van der Waals surface area (Å²) in [5.74, 6) is 0. The van der Waals surface area contributed by atoms with E-state index in [-0.39, 0.29) is 5.66 Å². The van der Waals surface area contributed by atoms with E-state index in [1.807, 2.05) is 0 Å². The molecule has 76 valence electrons. The molecule has 0 amide bonds. The molecule has 3 nitrogen and oxygen atoms in total. The first-order chi connectivity index (χ1) is 6.27. The quantitative estimate of drug-likeness (QED) is 0.579. The molecule has 0 saturated heterocycles. The number of aliphatic hydroxyl groups is 1. The lowest BCUT2D eigenvalue weighted by Gasteiger charge is -2.03. The highest BCUT2D eigenvalue weighted by atomic mass is 16.2. The Kier molecular flexibility index (Phi) is 4.36. The van der Waals surface area contributed by atoms with Crippen molar-refractivity contribution in [2.75, 3.05) is 6.61 Å². The van der Waals surface area contributed by atoms with Crippen LogP contribution in [0.15, 0.2) is 10.2 Å². The molecule has 0 spiro atoms. The topological polar surface area (TPSA) is 45.0 Å². The van der Waals surface area contributed by atoms with Gasteiger partial charge in [-0.15, -0.1) is 0 Å². The molecule has 0 aromatic carbocycles. The van der Waals surface area contributed by atoms with Crippen LogP contribution in [-0.2, 0) is 0 Å². The van der Waals surface area contributed by atoms with Crippen LogP contribution in [0, 0.1) is 0 Å². The van der Waals surface area contributed by atoms with Gasteiger partial charge in [-0.3, -0.25) is 0 Å². The second-order valence-electron chi connectivity index (χ2n) is 4.01. The molecular weight excluding hydrogens is 164 g/mol. The molecule has 0 fully saturated rings. The summed E-state index contributed by atoms with van der Waals surface area (Å²) in [6, 6.07) is 0. The minimum absolute atomic E-state index is 0.00506. The summed E-state index contributed by atoms with van der Waals surface area (Å²) in [6.45, 7) is 2.43. The van der Waals surface area contributed by atoms with Crippen molar-refractivity contribution in [2.45, 2.75) is 57.5 Å². The van der Waals surface area contributed by atoms with E-state index in [0.717, 1.165) is 12.8 Å². The van der Waals surface area contributed by atoms with E-state index in [0.29, 0.717) is 6.61 Å². The Bertz CT molecular complexity index is 162. The van der Waals surface area contributed by atoms with Gasteiger partial charge in [-0.05, 0) is 26.2 Å². The van der Waals surface area contributed by atoms with Crippen molar-refractivity contribution >= 4 is 0 Å². The van der Waals surface area contributed by atoms with Crippen molar-refractivity contribution in [2.24, 2.45) is 10.2 Å². The molecule has 1 rings (SSSR count). The molecule has 0 bridgehead atoms. The van der Waals surface area contributed by atoms with Gasteiger partial charge in [0.25, 0.3) is 0 Å². The number of hydrogen-bond donors (Lipinski definition) is 1. The van der Waals surface area contributed by atoms with Crippen molar-refractivity contribution in [1.29, 1.82) is 0 Å². The lowest BCUT2D eigenvalue weighted by molar-refractivity contribution is 0.282. The molecule has 0 atom stereocenters. The first kappa shape index (κ1) is 10.6. The average molecular weight is 184 g/mol. The van der Waals surface area contributed by atoms with Crippen LogP contribution < -0.4 is 0 Å². The monoisotopic (exact) mass is 184 g/mol. The van der Waals surface area contributed by atoms with Gasteiger partial charge in [0.1, 0.15) is 0 Å². The Morgan fingerprint density at radius 2 is 1.46 bits per heavy atom. The molecule has 0 unspecified atom stereocenters. The molecule has 1 aliphatic heterocycles. The highest BCUT2D eigenvalue weighted by molar-refractivity contribution is 4.87. The van der Waals surface area contributed by atoms with E-state index < -0.39 is 0 Å². The maximum Gasteiger partial charge on any atom is 0.188 e. The SMILES string of the molecule is CC1(CCCCCCCCO)N=N1. The largest absolute Gasteiger partial charge is 0.396 e. The molecule has 0 saturated carbocycles. The minimum Gasteiger partial charge on any atom is -0.396 e. The third kappa shape index (κ3) is 4.98. The fraction of sp³-hybridized carbons (Fsp3) is 1.00. The van der Waals surface area contributed by atoms with Crippen LogP contribution in [0.5, 0.6) is 0 Å². The van der Waals surface area contributed by atoms with Crippen molar-refractivity contribution < 1.29 is 5.11 Å². The van der Waals surface area contributed by atoms with Crippen LogP contribution in [0.2, 0.25) is 0 Å². The standard InChI is InChI=1S/C10H20N2O/c1-10(11-12-10)8-6-4-2-3-5-7-9-13/h13H,2-9H2,1H3. The molecule has 0 aromatic rings. The molecule has 0 aliphatic carbocycles. The summed E-state index contributed by atoms with van der Waals surface area (Å²) in [6.07, 6.45) is 8.31. The number of hydrogen-bond acceptors (Lipinski definition) is 3. The molecule has 1 N–H and O–H groups in total. The Hall–Kier alpha value is -0.440. The second kappa shape index (κ2) is 5.32. The van der Waals surface area contributed by atoms with Crippen LogP contribution in [0.3, 0.4) is 0 Å². The Balaban J connectivity index is 1.74. The van der Waals surface area contributed by atoms with E-state index in [9.17, 15) is 0 Å². The van der Waals surface area contributed by atoms with Crippen LogP contribution in [0.1, 0.15) is 51.9 Å². The zero-order valence-corrected chi connectivity index (χ0v) is 8.50. The van der Waals surface area contributed by atoms with Crippen molar-refractivity contribution in [1.82, 2.24) is 0 Å². The summed E-state index contributed by atoms with van der Waals surface area (Å²) in [7, 11) is 0. The van der Waals surface area contributed by atoms with Gasteiger partial charge in [0.05, 0.1) is 0 Å². The smallest absolute Gasteiger partial charge is 0.188 e. The lowest BCUT2D eigenvalue weighted by Crippen LogP contribution is -2.02. The Morgan fingerprint density at radius 1 is 0.923 bits per heavy atom. The van der Waals surface area contributed by atoms with Crippen molar-refractivity contribution in [3.8, 4) is 0 Å². The van der Waals surface area contributed by atoms with Crippen LogP contribution in [0.4, 0.5) is 0 Å². The zero-order valence-electron chi connectivity index (χ0n) is 8.50. The van der Waals surface area contributed by atoms with Gasteiger partial charge in [-0.1, -0.05) is 25.7 Å². The zero-order chi connectivity index (χ0) is 9.57. The molecule has 3 heteroatoms. The van der Waals surface area contributed by atoms with Crippen molar-refractivity contribution in [3.63, 3.8) is 0 Å². The Morgan fingerprint density at radius 3 is 2.00 bits per heavy atom. The van der Waals surface area contributed by atoms with Gasteiger partial charge in [-0.25, -0.2) is 0 Å². The molecular formula is C10H20N2O. The molecule has 1 aliphatic rings. The maximum atomic E-state index is 8.56. The minimum atomic E-state index is 0.00506. The fourth-order valence-electron chi connectivity index (χ4n) is 1.46. The maximum absolute atomic E-state index is 8.56. The van der Waals surface area contributed by atoms with Gasteiger partial charge in [0, 0.05) is 6.61 Å². The van der Waals surface area contributed by atoms with Gasteiger partial charge in [-0.2, -0.15) is 10.2 Å². The lowest BCUT2D eigenvalue weighted by atomic mass is 10.0. The molecule has 0 aromatic heterocycles. The van der Waals surface area contributed by atoms with E-state index in [2.05, 4.69) is 17.2 Å². The van der Waals surface area contributed by atoms with E-state index >= 15 is 0 Å². The number of nitrogens with zero attached hydrogens (tertiary/aromatic N) is 2. The predicted molar refractivity (Wildman–Crippen MR) is 52.7 cm³/mol. The molecule has 1 heterocycles. The van der Waals surface area contributed by atoms with Gasteiger partial charge in [0.2, 0.25) is 0 Å². The third-order valence-electron chi connectivity index (χ3n) is 2.50. The summed E-state index contributed by atoms with van der Waals surface area (Å²) in [4.78, 5) is 0. The summed E-state index contributed by atoms with van der Waals surface area (Å²) < 4.78 is 0. The van der Waals surface area contributed by atoms with Crippen molar-refractivity contribution in [3.05, 3.63) is 0 Å². The number of rotatable bonds is 8. The van der Waals surface area contributed by atoms with E-state index in [4.69, 9.17) is 5.11 Å². The highest BCUT2D eigenvalue weighted by Gasteiger charge is 2.32. The summed E-state index contributed by atoms with van der Waals surface area (Å²) in [5.41, 5.74) is 0.00506. The second-order valence-corrected chi connectivity index (χ2v) is 4.01. The third-order valence-corrected chi connectivity index (χ3v) is 2.50. The van der Waals surface area contributed by atoms with Crippen LogP contribution >= 0.6 is 0 Å². The summed E-state index contributed by atoms with van der Waals surface area (Å²) in [5, 5.41) is 16.5. The van der Waals surface area contributed by atoms with Gasteiger partial charge in [0.15, 0.2) is 5.66 Å². The average Bonchev–Trinajstić information content (AvgIpc) is 2.83. The van der Waals surface area contributed by atoms with E-state index in [1.54, 1.807) is 0 Å². The fourth-order valence-corrected chi connectivity index (χ4v) is 1.46. The first-order valence-corrected chi connectivity index (χ1v) is 5.32. The normalized spacial score (nSPS) is 17.7. The highest BCUT2D eigenvalue weighted by Crippen LogP contribution is 2.32. The predicted octanol–water partition coefficient (Wildman–Crippen LogP) is 2.89. The van der Waals surface area contributed by atoms with Crippen LogP contribution in [0.25, 0.3) is 0 Å². The molecule has 13 heavy (non-hydrogen) atoms. The molecule has 0 radical (unpaired) electrons.